The molecule has 1 heterocycles. The fourth-order valence-electron chi connectivity index (χ4n) is 1.34. The molecule has 0 unspecified atom stereocenters. The fraction of sp³-hybridized carbons (Fsp3) is 0.167. The van der Waals surface area contributed by atoms with E-state index in [0.717, 1.165) is 12.1 Å². The van der Waals surface area contributed by atoms with E-state index in [2.05, 4.69) is 29.9 Å². The van der Waals surface area contributed by atoms with E-state index >= 15 is 0 Å². The van der Waals surface area contributed by atoms with Crippen LogP contribution in [-0.2, 0) is 6.54 Å². The maximum absolute atomic E-state index is 5.57. The minimum absolute atomic E-state index is 0.550. The molecule has 1 aromatic rings. The van der Waals surface area contributed by atoms with Gasteiger partial charge >= 0.3 is 0 Å². The summed E-state index contributed by atoms with van der Waals surface area (Å²) >= 11 is 1.69. The zero-order chi connectivity index (χ0) is 11.3. The molecule has 0 fully saturated rings. The topological polar surface area (TPSA) is 38.0 Å². The van der Waals surface area contributed by atoms with Crippen LogP contribution >= 0.6 is 11.3 Å². The Balaban J connectivity index is 3.06. The van der Waals surface area contributed by atoms with Crippen LogP contribution in [0.4, 0.5) is 0 Å². The van der Waals surface area contributed by atoms with Gasteiger partial charge < -0.3 is 11.1 Å². The van der Waals surface area contributed by atoms with Crippen molar-refractivity contribution in [3.8, 4) is 0 Å². The van der Waals surface area contributed by atoms with E-state index in [1.54, 1.807) is 11.3 Å². The quantitative estimate of drug-likeness (QED) is 0.748. The summed E-state index contributed by atoms with van der Waals surface area (Å²) in [5.74, 6) is 0. The van der Waals surface area contributed by atoms with Crippen LogP contribution in [0.1, 0.15) is 10.4 Å². The molecule has 80 valence electrons. The number of hydrogen-bond donors (Lipinski definition) is 2. The van der Waals surface area contributed by atoms with Gasteiger partial charge in [0.1, 0.15) is 0 Å². The smallest absolute Gasteiger partial charge is 0.0388 e. The number of nitrogens with two attached hydrogens (primary N) is 1. The van der Waals surface area contributed by atoms with Crippen molar-refractivity contribution in [2.75, 3.05) is 7.05 Å². The minimum Gasteiger partial charge on any atom is -0.399 e. The molecule has 3 N–H and O–H groups in total. The molecule has 1 rings (SSSR count). The Morgan fingerprint density at radius 2 is 2.40 bits per heavy atom. The van der Waals surface area contributed by atoms with Crippen molar-refractivity contribution in [3.63, 3.8) is 0 Å². The first-order valence-corrected chi connectivity index (χ1v) is 5.57. The van der Waals surface area contributed by atoms with E-state index in [1.807, 2.05) is 19.2 Å². The van der Waals surface area contributed by atoms with Gasteiger partial charge in [-0.25, -0.2) is 0 Å². The fourth-order valence-corrected chi connectivity index (χ4v) is 2.27. The van der Waals surface area contributed by atoms with Gasteiger partial charge in [0.25, 0.3) is 0 Å². The van der Waals surface area contributed by atoms with Crippen LogP contribution in [-0.4, -0.2) is 7.05 Å². The Kier molecular flexibility index (Phi) is 4.34. The normalized spacial score (nSPS) is 11.4. The molecule has 0 aliphatic rings. The second-order valence-electron chi connectivity index (χ2n) is 3.18. The molecule has 0 aromatic carbocycles. The van der Waals surface area contributed by atoms with E-state index in [1.165, 1.54) is 10.4 Å². The van der Waals surface area contributed by atoms with Gasteiger partial charge in [-0.2, -0.15) is 0 Å². The zero-order valence-corrected chi connectivity index (χ0v) is 9.73. The minimum atomic E-state index is 0.550. The lowest BCUT2D eigenvalue weighted by molar-refractivity contribution is 0.819. The van der Waals surface area contributed by atoms with Crippen molar-refractivity contribution < 1.29 is 0 Å². The zero-order valence-electron chi connectivity index (χ0n) is 8.92. The van der Waals surface area contributed by atoms with Crippen LogP contribution in [0.3, 0.4) is 0 Å². The van der Waals surface area contributed by atoms with E-state index in [-0.39, 0.29) is 0 Å². The summed E-state index contributed by atoms with van der Waals surface area (Å²) in [6, 6.07) is 2.10. The van der Waals surface area contributed by atoms with Gasteiger partial charge in [-0.15, -0.1) is 11.3 Å². The first-order chi connectivity index (χ1) is 7.19. The molecule has 3 heteroatoms. The van der Waals surface area contributed by atoms with Crippen LogP contribution < -0.4 is 11.1 Å². The molecule has 0 aliphatic carbocycles. The van der Waals surface area contributed by atoms with Crippen LogP contribution in [0.2, 0.25) is 0 Å². The standard InChI is InChI=1S/C12H16N2S/c1-4-10(7-9(2)13)12-11(8-14-3)5-6-15-12/h4-7,14H,1-2,8,13H2,3H3/b10-7+. The molecule has 0 bridgehead atoms. The Morgan fingerprint density at radius 1 is 1.67 bits per heavy atom. The lowest BCUT2D eigenvalue weighted by atomic mass is 10.1. The number of hydrogen-bond acceptors (Lipinski definition) is 3. The highest BCUT2D eigenvalue weighted by Crippen LogP contribution is 2.26. The van der Waals surface area contributed by atoms with Crippen molar-refractivity contribution in [2.24, 2.45) is 5.73 Å². The highest BCUT2D eigenvalue weighted by atomic mass is 32.1. The molecular weight excluding hydrogens is 204 g/mol. The summed E-state index contributed by atoms with van der Waals surface area (Å²) in [5, 5.41) is 5.20. The third-order valence-corrected chi connectivity index (χ3v) is 2.94. The predicted molar refractivity (Wildman–Crippen MR) is 68.6 cm³/mol. The van der Waals surface area contributed by atoms with Crippen molar-refractivity contribution in [2.45, 2.75) is 6.54 Å². The van der Waals surface area contributed by atoms with E-state index < -0.39 is 0 Å². The van der Waals surface area contributed by atoms with Gasteiger partial charge in [0.05, 0.1) is 0 Å². The van der Waals surface area contributed by atoms with Gasteiger partial charge in [-0.1, -0.05) is 19.2 Å². The Hall–Kier alpha value is -1.32. The summed E-state index contributed by atoms with van der Waals surface area (Å²) in [6.07, 6.45) is 3.65. The maximum Gasteiger partial charge on any atom is 0.0388 e. The van der Waals surface area contributed by atoms with E-state index in [0.29, 0.717) is 5.70 Å². The molecule has 0 saturated heterocycles. The van der Waals surface area contributed by atoms with Crippen LogP contribution in [0.5, 0.6) is 0 Å². The molecule has 0 atom stereocenters. The number of rotatable bonds is 5. The second kappa shape index (κ2) is 5.53. The monoisotopic (exact) mass is 220 g/mol. The highest BCUT2D eigenvalue weighted by molar-refractivity contribution is 7.11. The SMILES string of the molecule is C=C/C(=C\C(=C)N)c1sccc1CNC. The molecule has 0 saturated carbocycles. The maximum atomic E-state index is 5.57. The highest BCUT2D eigenvalue weighted by Gasteiger charge is 2.06. The molecule has 1 aromatic heterocycles. The average molecular weight is 220 g/mol. The second-order valence-corrected chi connectivity index (χ2v) is 4.10. The summed E-state index contributed by atoms with van der Waals surface area (Å²) in [7, 11) is 1.93. The van der Waals surface area contributed by atoms with Gasteiger partial charge in [0, 0.05) is 17.1 Å². The Labute approximate surface area is 94.8 Å². The van der Waals surface area contributed by atoms with Crippen molar-refractivity contribution >= 4 is 16.9 Å². The molecule has 2 nitrogen and oxygen atoms in total. The lowest BCUT2D eigenvalue weighted by Crippen LogP contribution is -2.05. The molecule has 15 heavy (non-hydrogen) atoms. The lowest BCUT2D eigenvalue weighted by Gasteiger charge is -2.04. The van der Waals surface area contributed by atoms with Crippen molar-refractivity contribution in [1.82, 2.24) is 5.32 Å². The predicted octanol–water partition coefficient (Wildman–Crippen LogP) is 2.51. The summed E-state index contributed by atoms with van der Waals surface area (Å²) < 4.78 is 0. The van der Waals surface area contributed by atoms with Crippen molar-refractivity contribution in [1.29, 1.82) is 0 Å². The Bertz CT molecular complexity index is 388. The molecular formula is C12H16N2S. The third kappa shape index (κ3) is 3.08. The number of allylic oxidation sites excluding steroid dienone is 3. The summed E-state index contributed by atoms with van der Waals surface area (Å²) in [5.41, 5.74) is 8.41. The summed E-state index contributed by atoms with van der Waals surface area (Å²) in [4.78, 5) is 1.20. The first kappa shape index (κ1) is 11.8. The largest absolute Gasteiger partial charge is 0.399 e. The van der Waals surface area contributed by atoms with Crippen molar-refractivity contribution in [3.05, 3.63) is 52.9 Å². The third-order valence-electron chi connectivity index (χ3n) is 1.94. The first-order valence-electron chi connectivity index (χ1n) is 4.69. The number of thiophene rings is 1. The van der Waals surface area contributed by atoms with Crippen LogP contribution in [0.25, 0.3) is 5.57 Å². The van der Waals surface area contributed by atoms with E-state index in [9.17, 15) is 0 Å². The number of nitrogens with one attached hydrogen (secondary N) is 1. The van der Waals surface area contributed by atoms with Gasteiger partial charge in [-0.05, 0) is 35.7 Å². The van der Waals surface area contributed by atoms with E-state index in [4.69, 9.17) is 5.73 Å². The van der Waals surface area contributed by atoms with Crippen LogP contribution in [0.15, 0.2) is 42.5 Å². The summed E-state index contributed by atoms with van der Waals surface area (Å²) in [6.45, 7) is 8.31. The Morgan fingerprint density at radius 3 is 2.93 bits per heavy atom. The molecule has 0 aliphatic heterocycles. The average Bonchev–Trinajstić information content (AvgIpc) is 2.63. The molecule has 0 spiro atoms. The van der Waals surface area contributed by atoms with Gasteiger partial charge in [0.2, 0.25) is 0 Å². The van der Waals surface area contributed by atoms with Gasteiger partial charge in [-0.3, -0.25) is 0 Å². The van der Waals surface area contributed by atoms with Crippen LogP contribution in [0, 0.1) is 0 Å². The van der Waals surface area contributed by atoms with Gasteiger partial charge in [0.15, 0.2) is 0 Å². The molecule has 0 amide bonds. The molecule has 0 radical (unpaired) electrons.